The third-order valence-electron chi connectivity index (χ3n) is 2.90. The summed E-state index contributed by atoms with van der Waals surface area (Å²) in [6, 6.07) is 9.27. The molecule has 1 aromatic carbocycles. The Balaban J connectivity index is 0.000000796. The Morgan fingerprint density at radius 2 is 1.55 bits per heavy atom. The quantitative estimate of drug-likeness (QED) is 0.742. The maximum absolute atomic E-state index is 5.38. The third-order valence-corrected chi connectivity index (χ3v) is 5.63. The molecule has 0 amide bonds. The Bertz CT molecular complexity index is 350. The molecule has 0 aromatic heterocycles. The first-order valence-corrected chi connectivity index (χ1v) is 8.61. The van der Waals surface area contributed by atoms with E-state index in [1.54, 1.807) is 21.3 Å². The van der Waals surface area contributed by atoms with Crippen molar-refractivity contribution in [1.29, 1.82) is 0 Å². The smallest absolute Gasteiger partial charge is 0.377 e. The first-order chi connectivity index (χ1) is 9.57. The molecule has 20 heavy (non-hydrogen) atoms. The minimum Gasteiger partial charge on any atom is -0.377 e. The van der Waals surface area contributed by atoms with Crippen molar-refractivity contribution in [3.63, 3.8) is 0 Å². The van der Waals surface area contributed by atoms with Crippen molar-refractivity contribution in [2.45, 2.75) is 19.4 Å². The number of aryl methyl sites for hydroxylation is 2. The Kier molecular flexibility index (Phi) is 10.5. The number of rotatable bonds is 7. The second kappa shape index (κ2) is 11.0. The Hall–Kier alpha value is -0.763. The molecule has 0 heterocycles. The molecule has 0 bridgehead atoms. The van der Waals surface area contributed by atoms with Crippen LogP contribution in [0.15, 0.2) is 24.3 Å². The summed E-state index contributed by atoms with van der Waals surface area (Å²) in [4.78, 5) is 0. The van der Waals surface area contributed by atoms with Crippen LogP contribution in [0.25, 0.3) is 0 Å². The normalized spacial score (nSPS) is 10.9. The molecule has 4 N–H and O–H groups in total. The predicted octanol–water partition coefficient (Wildman–Crippen LogP) is 1.32. The van der Waals surface area contributed by atoms with Gasteiger partial charge in [0.25, 0.3) is 0 Å². The van der Waals surface area contributed by atoms with Crippen LogP contribution in [-0.2, 0) is 19.7 Å². The molecule has 0 fully saturated rings. The third kappa shape index (κ3) is 7.13. The molecule has 1 aromatic rings. The topological polar surface area (TPSA) is 79.7 Å². The van der Waals surface area contributed by atoms with E-state index in [1.165, 1.54) is 11.1 Å². The van der Waals surface area contributed by atoms with E-state index in [-0.39, 0.29) is 0 Å². The fraction of sp³-hybridized carbons (Fsp3) is 0.571. The number of hydrogen-bond donors (Lipinski definition) is 2. The molecule has 0 aliphatic carbocycles. The van der Waals surface area contributed by atoms with Crippen molar-refractivity contribution in [3.05, 3.63) is 35.4 Å². The molecular formula is C14H28N2O3Si. The summed E-state index contributed by atoms with van der Waals surface area (Å²) in [5.41, 5.74) is 12.4. The molecule has 1 rings (SSSR count). The zero-order chi connectivity index (χ0) is 15.4. The van der Waals surface area contributed by atoms with Crippen molar-refractivity contribution in [3.8, 4) is 0 Å². The van der Waals surface area contributed by atoms with E-state index in [1.807, 2.05) is 0 Å². The maximum atomic E-state index is 5.38. The summed E-state index contributed by atoms with van der Waals surface area (Å²) < 4.78 is 16.1. The highest BCUT2D eigenvalue weighted by molar-refractivity contribution is 6.60. The average molecular weight is 300 g/mol. The van der Waals surface area contributed by atoms with Gasteiger partial charge in [-0.3, -0.25) is 0 Å². The Labute approximate surface area is 123 Å². The van der Waals surface area contributed by atoms with Gasteiger partial charge in [0.15, 0.2) is 0 Å². The van der Waals surface area contributed by atoms with Crippen LogP contribution in [0.2, 0.25) is 6.04 Å². The fourth-order valence-corrected chi connectivity index (χ4v) is 3.43. The molecule has 0 aliphatic rings. The molecule has 0 spiro atoms. The van der Waals surface area contributed by atoms with Crippen molar-refractivity contribution >= 4 is 8.80 Å². The fourth-order valence-electron chi connectivity index (χ4n) is 1.72. The van der Waals surface area contributed by atoms with E-state index in [2.05, 4.69) is 31.2 Å². The van der Waals surface area contributed by atoms with Gasteiger partial charge in [-0.05, 0) is 18.9 Å². The summed E-state index contributed by atoms with van der Waals surface area (Å²) >= 11 is 0. The first-order valence-electron chi connectivity index (χ1n) is 6.68. The summed E-state index contributed by atoms with van der Waals surface area (Å²) in [6.07, 6.45) is 0.920. The second-order valence-electron chi connectivity index (χ2n) is 4.36. The molecule has 5 nitrogen and oxygen atoms in total. The Morgan fingerprint density at radius 1 is 1.00 bits per heavy atom. The monoisotopic (exact) mass is 300 g/mol. The van der Waals surface area contributed by atoms with Gasteiger partial charge in [0.1, 0.15) is 0 Å². The molecule has 0 saturated heterocycles. The maximum Gasteiger partial charge on any atom is 0.500 e. The van der Waals surface area contributed by atoms with Crippen LogP contribution in [0.1, 0.15) is 11.1 Å². The van der Waals surface area contributed by atoms with Gasteiger partial charge in [0.05, 0.1) is 0 Å². The number of nitrogens with two attached hydrogens (primary N) is 2. The van der Waals surface area contributed by atoms with Crippen LogP contribution in [-0.4, -0.2) is 43.2 Å². The minimum absolute atomic E-state index is 0.597. The number of benzene rings is 1. The van der Waals surface area contributed by atoms with E-state index < -0.39 is 8.80 Å². The lowest BCUT2D eigenvalue weighted by Crippen LogP contribution is -2.43. The predicted molar refractivity (Wildman–Crippen MR) is 84.6 cm³/mol. The van der Waals surface area contributed by atoms with Crippen LogP contribution in [0.5, 0.6) is 0 Å². The van der Waals surface area contributed by atoms with Gasteiger partial charge in [-0.15, -0.1) is 0 Å². The summed E-state index contributed by atoms with van der Waals surface area (Å²) in [5, 5.41) is 0. The molecule has 0 atom stereocenters. The summed E-state index contributed by atoms with van der Waals surface area (Å²) in [6.45, 7) is 3.29. The lowest BCUT2D eigenvalue weighted by Gasteiger charge is -2.24. The molecule has 0 radical (unpaired) electrons. The summed E-state index contributed by atoms with van der Waals surface area (Å²) in [5.74, 6) is 0. The molecular weight excluding hydrogens is 272 g/mol. The van der Waals surface area contributed by atoms with Crippen LogP contribution in [0.4, 0.5) is 0 Å². The highest BCUT2D eigenvalue weighted by Crippen LogP contribution is 2.17. The highest BCUT2D eigenvalue weighted by Gasteiger charge is 2.36. The van der Waals surface area contributed by atoms with E-state index in [0.29, 0.717) is 13.1 Å². The van der Waals surface area contributed by atoms with Crippen molar-refractivity contribution in [1.82, 2.24) is 0 Å². The largest absolute Gasteiger partial charge is 0.500 e. The van der Waals surface area contributed by atoms with E-state index >= 15 is 0 Å². The van der Waals surface area contributed by atoms with Gasteiger partial charge < -0.3 is 24.7 Å². The number of hydrogen-bond acceptors (Lipinski definition) is 5. The van der Waals surface area contributed by atoms with Gasteiger partial charge in [-0.1, -0.05) is 29.8 Å². The average Bonchev–Trinajstić information content (AvgIpc) is 2.49. The van der Waals surface area contributed by atoms with Gasteiger partial charge in [0.2, 0.25) is 0 Å². The molecule has 116 valence electrons. The lowest BCUT2D eigenvalue weighted by atomic mass is 10.1. The van der Waals surface area contributed by atoms with Gasteiger partial charge in [-0.25, -0.2) is 0 Å². The van der Waals surface area contributed by atoms with E-state index in [9.17, 15) is 0 Å². The lowest BCUT2D eigenvalue weighted by molar-refractivity contribution is 0.123. The zero-order valence-corrected chi connectivity index (χ0v) is 14.0. The van der Waals surface area contributed by atoms with Crippen molar-refractivity contribution < 1.29 is 13.3 Å². The SMILES string of the molecule is CO[Si](CCc1cccc(C)c1)(OC)OC.NCCN. The highest BCUT2D eigenvalue weighted by atomic mass is 28.4. The molecule has 0 saturated carbocycles. The standard InChI is InChI=1S/C12H20O3Si.C2H8N2/c1-11-6-5-7-12(10-11)8-9-16(13-2,14-3)15-4;3-1-2-4/h5-7,10H,8-9H2,1-4H3;1-4H2. The summed E-state index contributed by atoms with van der Waals surface area (Å²) in [7, 11) is 2.53. The molecule has 0 aliphatic heterocycles. The van der Waals surface area contributed by atoms with Crippen LogP contribution in [0.3, 0.4) is 0 Å². The molecule has 0 unspecified atom stereocenters. The zero-order valence-electron chi connectivity index (χ0n) is 13.0. The Morgan fingerprint density at radius 3 is 1.95 bits per heavy atom. The van der Waals surface area contributed by atoms with Gasteiger partial charge in [-0.2, -0.15) is 0 Å². The van der Waals surface area contributed by atoms with E-state index in [4.69, 9.17) is 24.7 Å². The van der Waals surface area contributed by atoms with Gasteiger partial charge in [0, 0.05) is 40.5 Å². The second-order valence-corrected chi connectivity index (χ2v) is 7.45. The van der Waals surface area contributed by atoms with Crippen LogP contribution >= 0.6 is 0 Å². The van der Waals surface area contributed by atoms with Crippen LogP contribution < -0.4 is 11.5 Å². The van der Waals surface area contributed by atoms with Crippen molar-refractivity contribution in [2.24, 2.45) is 11.5 Å². The van der Waals surface area contributed by atoms with Crippen LogP contribution in [0, 0.1) is 6.92 Å². The first kappa shape index (κ1) is 19.2. The molecule has 6 heteroatoms. The van der Waals surface area contributed by atoms with Crippen molar-refractivity contribution in [2.75, 3.05) is 34.4 Å². The van der Waals surface area contributed by atoms with E-state index in [0.717, 1.165) is 12.5 Å². The van der Waals surface area contributed by atoms with Gasteiger partial charge >= 0.3 is 8.80 Å². The minimum atomic E-state index is -2.42.